The molecule has 0 aliphatic heterocycles. The molecule has 2 rings (SSSR count). The summed E-state index contributed by atoms with van der Waals surface area (Å²) in [5.74, 6) is -0.0916. The molecule has 7 nitrogen and oxygen atoms in total. The topological polar surface area (TPSA) is 98.3 Å². The molecule has 0 saturated heterocycles. The first-order valence-corrected chi connectivity index (χ1v) is 5.33. The number of carboxylic acids is 1. The fraction of sp³-hybridized carbons (Fsp3) is 0.273. The third-order valence-electron chi connectivity index (χ3n) is 2.14. The predicted octanol–water partition coefficient (Wildman–Crippen LogP) is 1.30. The number of aromatic nitrogens is 3. The zero-order chi connectivity index (χ0) is 13.0. The second-order valence-corrected chi connectivity index (χ2v) is 3.40. The number of aryl methyl sites for hydroxylation is 1. The van der Waals surface area contributed by atoms with Crippen molar-refractivity contribution < 1.29 is 19.2 Å². The number of rotatable bonds is 5. The zero-order valence-electron chi connectivity index (χ0n) is 9.66. The van der Waals surface area contributed by atoms with E-state index in [1.165, 1.54) is 12.3 Å². The average Bonchev–Trinajstić information content (AvgIpc) is 2.84. The van der Waals surface area contributed by atoms with Crippen LogP contribution in [-0.4, -0.2) is 26.2 Å². The van der Waals surface area contributed by atoms with Gasteiger partial charge in [0.2, 0.25) is 11.7 Å². The van der Waals surface area contributed by atoms with Crippen molar-refractivity contribution in [3.8, 4) is 5.75 Å². The third kappa shape index (κ3) is 2.62. The van der Waals surface area contributed by atoms with Crippen molar-refractivity contribution in [2.75, 3.05) is 0 Å². The molecule has 18 heavy (non-hydrogen) atoms. The maximum atomic E-state index is 10.9. The highest BCUT2D eigenvalue weighted by Gasteiger charge is 2.13. The summed E-state index contributed by atoms with van der Waals surface area (Å²) in [4.78, 5) is 18.7. The molecule has 0 spiro atoms. The third-order valence-corrected chi connectivity index (χ3v) is 2.14. The average molecular weight is 249 g/mol. The van der Waals surface area contributed by atoms with Crippen LogP contribution in [0.3, 0.4) is 0 Å². The zero-order valence-corrected chi connectivity index (χ0v) is 9.66. The molecule has 0 aromatic carbocycles. The van der Waals surface area contributed by atoms with E-state index in [0.29, 0.717) is 18.1 Å². The molecule has 0 fully saturated rings. The molecule has 0 aliphatic rings. The minimum atomic E-state index is -1.15. The number of aromatic carboxylic acids is 1. The van der Waals surface area contributed by atoms with Crippen LogP contribution in [0.15, 0.2) is 22.9 Å². The second-order valence-electron chi connectivity index (χ2n) is 3.40. The van der Waals surface area contributed by atoms with Gasteiger partial charge in [-0.2, -0.15) is 4.98 Å². The van der Waals surface area contributed by atoms with E-state index in [4.69, 9.17) is 14.4 Å². The van der Waals surface area contributed by atoms with Crippen molar-refractivity contribution in [1.29, 1.82) is 0 Å². The summed E-state index contributed by atoms with van der Waals surface area (Å²) in [7, 11) is 0. The highest BCUT2D eigenvalue weighted by Crippen LogP contribution is 2.16. The Bertz CT molecular complexity index is 553. The molecule has 2 heterocycles. The van der Waals surface area contributed by atoms with Crippen LogP contribution < -0.4 is 4.74 Å². The largest absolute Gasteiger partial charge is 0.483 e. The molecule has 0 amide bonds. The van der Waals surface area contributed by atoms with Gasteiger partial charge in [0, 0.05) is 12.6 Å². The quantitative estimate of drug-likeness (QED) is 0.852. The van der Waals surface area contributed by atoms with Crippen molar-refractivity contribution in [3.05, 3.63) is 35.7 Å². The first-order chi connectivity index (χ1) is 8.70. The first kappa shape index (κ1) is 12.0. The second kappa shape index (κ2) is 5.26. The number of ether oxygens (including phenoxy) is 1. The van der Waals surface area contributed by atoms with Crippen molar-refractivity contribution in [1.82, 2.24) is 15.1 Å². The molecule has 2 aromatic heterocycles. The minimum absolute atomic E-state index is 0.0372. The Morgan fingerprint density at radius 3 is 3.06 bits per heavy atom. The summed E-state index contributed by atoms with van der Waals surface area (Å²) in [6, 6.07) is 3.12. The van der Waals surface area contributed by atoms with Gasteiger partial charge in [-0.15, -0.1) is 0 Å². The SMILES string of the molecule is CCc1nc(COc2cccnc2C(=O)O)no1. The van der Waals surface area contributed by atoms with Crippen LogP contribution in [0.2, 0.25) is 0 Å². The molecule has 7 heteroatoms. The lowest BCUT2D eigenvalue weighted by molar-refractivity contribution is 0.0684. The summed E-state index contributed by atoms with van der Waals surface area (Å²) in [5, 5.41) is 12.6. The van der Waals surface area contributed by atoms with Crippen LogP contribution in [0.5, 0.6) is 5.75 Å². The highest BCUT2D eigenvalue weighted by molar-refractivity contribution is 5.88. The van der Waals surface area contributed by atoms with Crippen molar-refractivity contribution in [3.63, 3.8) is 0 Å². The van der Waals surface area contributed by atoms with Crippen molar-refractivity contribution in [2.24, 2.45) is 0 Å². The van der Waals surface area contributed by atoms with Gasteiger partial charge in [0.25, 0.3) is 0 Å². The van der Waals surface area contributed by atoms with Gasteiger partial charge in [0.15, 0.2) is 18.1 Å². The van der Waals surface area contributed by atoms with Gasteiger partial charge in [0.05, 0.1) is 0 Å². The molecule has 94 valence electrons. The maximum Gasteiger partial charge on any atom is 0.358 e. The van der Waals surface area contributed by atoms with E-state index in [1.807, 2.05) is 6.92 Å². The Morgan fingerprint density at radius 2 is 2.39 bits per heavy atom. The molecule has 0 unspecified atom stereocenters. The van der Waals surface area contributed by atoms with Crippen LogP contribution in [0.1, 0.15) is 29.1 Å². The van der Waals surface area contributed by atoms with E-state index in [1.54, 1.807) is 6.07 Å². The Kier molecular flexibility index (Phi) is 3.52. The van der Waals surface area contributed by atoms with Crippen LogP contribution in [0, 0.1) is 0 Å². The Morgan fingerprint density at radius 1 is 1.56 bits per heavy atom. The van der Waals surface area contributed by atoms with E-state index >= 15 is 0 Å². The number of pyridine rings is 1. The minimum Gasteiger partial charge on any atom is -0.483 e. The van der Waals surface area contributed by atoms with E-state index < -0.39 is 5.97 Å². The summed E-state index contributed by atoms with van der Waals surface area (Å²) in [5.41, 5.74) is -0.142. The molecular formula is C11H11N3O4. The number of hydrogen-bond donors (Lipinski definition) is 1. The van der Waals surface area contributed by atoms with Crippen LogP contribution in [0.25, 0.3) is 0 Å². The lowest BCUT2D eigenvalue weighted by Gasteiger charge is -2.05. The van der Waals surface area contributed by atoms with Crippen LogP contribution >= 0.6 is 0 Å². The fourth-order valence-electron chi connectivity index (χ4n) is 1.30. The highest BCUT2D eigenvalue weighted by atomic mass is 16.5. The summed E-state index contributed by atoms with van der Waals surface area (Å²) in [6.07, 6.45) is 2.03. The lowest BCUT2D eigenvalue weighted by Crippen LogP contribution is -2.06. The smallest absolute Gasteiger partial charge is 0.358 e. The van der Waals surface area contributed by atoms with Gasteiger partial charge in [-0.25, -0.2) is 9.78 Å². The molecule has 1 N–H and O–H groups in total. The van der Waals surface area contributed by atoms with Crippen LogP contribution in [0.4, 0.5) is 0 Å². The first-order valence-electron chi connectivity index (χ1n) is 5.33. The van der Waals surface area contributed by atoms with E-state index in [2.05, 4.69) is 15.1 Å². The summed E-state index contributed by atoms with van der Waals surface area (Å²) >= 11 is 0. The van der Waals surface area contributed by atoms with Gasteiger partial charge in [-0.05, 0) is 12.1 Å². The Balaban J connectivity index is 2.08. The van der Waals surface area contributed by atoms with Gasteiger partial charge in [-0.1, -0.05) is 12.1 Å². The molecule has 0 bridgehead atoms. The number of nitrogens with zero attached hydrogens (tertiary/aromatic N) is 3. The lowest BCUT2D eigenvalue weighted by atomic mass is 10.3. The van der Waals surface area contributed by atoms with Gasteiger partial charge in [-0.3, -0.25) is 0 Å². The predicted molar refractivity (Wildman–Crippen MR) is 59.2 cm³/mol. The Labute approximate surface area is 102 Å². The van der Waals surface area contributed by atoms with Crippen molar-refractivity contribution in [2.45, 2.75) is 20.0 Å². The van der Waals surface area contributed by atoms with Gasteiger partial charge in [0.1, 0.15) is 0 Å². The molecular weight excluding hydrogens is 238 g/mol. The number of carboxylic acid groups (broad SMARTS) is 1. The molecule has 0 radical (unpaired) electrons. The Hall–Kier alpha value is -2.44. The molecule has 2 aromatic rings. The monoisotopic (exact) mass is 249 g/mol. The van der Waals surface area contributed by atoms with E-state index in [-0.39, 0.29) is 18.1 Å². The standard InChI is InChI=1S/C11H11N3O4/c1-2-9-13-8(14-18-9)6-17-7-4-3-5-12-10(7)11(15)16/h3-5H,2,6H2,1H3,(H,15,16). The molecule has 0 aliphatic carbocycles. The van der Waals surface area contributed by atoms with Gasteiger partial charge >= 0.3 is 5.97 Å². The van der Waals surface area contributed by atoms with E-state index in [9.17, 15) is 4.79 Å². The van der Waals surface area contributed by atoms with E-state index in [0.717, 1.165) is 0 Å². The van der Waals surface area contributed by atoms with Crippen molar-refractivity contribution >= 4 is 5.97 Å². The van der Waals surface area contributed by atoms with Gasteiger partial charge < -0.3 is 14.4 Å². The van der Waals surface area contributed by atoms with Crippen LogP contribution in [-0.2, 0) is 13.0 Å². The summed E-state index contributed by atoms with van der Waals surface area (Å²) in [6.45, 7) is 1.93. The maximum absolute atomic E-state index is 10.9. The summed E-state index contributed by atoms with van der Waals surface area (Å²) < 4.78 is 10.2. The number of carbonyl (C=O) groups is 1. The molecule has 0 atom stereocenters. The number of hydrogen-bond acceptors (Lipinski definition) is 6. The normalized spacial score (nSPS) is 10.3. The fourth-order valence-corrected chi connectivity index (χ4v) is 1.30. The molecule has 0 saturated carbocycles.